The van der Waals surface area contributed by atoms with Crippen LogP contribution in [0.25, 0.3) is 0 Å². The smallest absolute Gasteiger partial charge is 0.280 e. The van der Waals surface area contributed by atoms with Gasteiger partial charge in [-0.1, -0.05) is 45.4 Å². The Morgan fingerprint density at radius 2 is 1.70 bits per heavy atom. The molecular weight excluding hydrogens is 486 g/mol. The Labute approximate surface area is 216 Å². The molecule has 4 rings (SSSR count). The molecule has 0 radical (unpaired) electrons. The van der Waals surface area contributed by atoms with Gasteiger partial charge in [-0.05, 0) is 6.42 Å². The highest BCUT2D eigenvalue weighted by Crippen LogP contribution is 2.43. The molecule has 13 heteroatoms. The first-order chi connectivity index (χ1) is 17.7. The molecule has 0 aromatic heterocycles. The molecule has 4 aliphatic heterocycles. The van der Waals surface area contributed by atoms with Crippen molar-refractivity contribution in [1.29, 1.82) is 0 Å². The molecule has 9 N–H and O–H groups in total. The van der Waals surface area contributed by atoms with Crippen LogP contribution in [0.5, 0.6) is 0 Å². The zero-order valence-electron chi connectivity index (χ0n) is 21.3. The molecule has 0 aromatic rings. The first-order valence-corrected chi connectivity index (χ1v) is 13.3. The average molecular weight is 529 g/mol. The van der Waals surface area contributed by atoms with Crippen LogP contribution in [-0.2, 0) is 14.3 Å². The van der Waals surface area contributed by atoms with Crippen molar-refractivity contribution in [3.05, 3.63) is 11.5 Å². The number of amides is 1. The van der Waals surface area contributed by atoms with E-state index in [1.165, 1.54) is 25.6 Å². The number of carbonyl (C=O) groups is 1. The van der Waals surface area contributed by atoms with Crippen LogP contribution < -0.4 is 16.4 Å². The number of hydrogen-bond donors (Lipinski definition) is 8. The summed E-state index contributed by atoms with van der Waals surface area (Å²) >= 11 is 0. The van der Waals surface area contributed by atoms with Gasteiger partial charge in [0, 0.05) is 6.42 Å². The van der Waals surface area contributed by atoms with Crippen molar-refractivity contribution >= 4 is 12.2 Å². The second-order valence-electron chi connectivity index (χ2n) is 10.5. The maximum absolute atomic E-state index is 13.1. The largest absolute Gasteiger partial charge is 0.394 e. The number of nitrogens with zero attached hydrogens (tertiary/aromatic N) is 2. The van der Waals surface area contributed by atoms with Gasteiger partial charge in [0.1, 0.15) is 18.3 Å². The minimum atomic E-state index is -1.48. The van der Waals surface area contributed by atoms with Crippen molar-refractivity contribution in [3.8, 4) is 0 Å². The van der Waals surface area contributed by atoms with Crippen LogP contribution in [0.2, 0.25) is 0 Å². The number of nitrogens with two attached hydrogens (primary N) is 1. The number of aliphatic hydroxyl groups is 5. The number of nitrogens with one attached hydrogen (secondary N) is 2. The fraction of sp³-hybridized carbons (Fsp3) is 0.833. The Morgan fingerprint density at radius 1 is 1.03 bits per heavy atom. The van der Waals surface area contributed by atoms with Crippen molar-refractivity contribution in [1.82, 2.24) is 10.6 Å². The first-order valence-electron chi connectivity index (χ1n) is 13.3. The molecule has 0 saturated carbocycles. The molecule has 37 heavy (non-hydrogen) atoms. The molecule has 0 bridgehead atoms. The van der Waals surface area contributed by atoms with Gasteiger partial charge in [-0.3, -0.25) is 10.5 Å². The second-order valence-corrected chi connectivity index (χ2v) is 10.5. The first kappa shape index (κ1) is 28.3. The predicted octanol–water partition coefficient (Wildman–Crippen LogP) is -1.61. The van der Waals surface area contributed by atoms with Crippen LogP contribution >= 0.6 is 0 Å². The molecule has 1 amide bonds. The quantitative estimate of drug-likeness (QED) is 0.108. The maximum atomic E-state index is 13.1. The molecule has 0 aromatic carbocycles. The van der Waals surface area contributed by atoms with Crippen molar-refractivity contribution in [2.24, 2.45) is 10.7 Å². The lowest BCUT2D eigenvalue weighted by Gasteiger charge is -2.45. The molecule has 4 heterocycles. The summed E-state index contributed by atoms with van der Waals surface area (Å²) in [5.41, 5.74) is 6.63. The normalized spacial score (nSPS) is 41.3. The maximum Gasteiger partial charge on any atom is 0.280 e. The third-order valence-corrected chi connectivity index (χ3v) is 7.86. The Morgan fingerprint density at radius 3 is 2.32 bits per heavy atom. The summed E-state index contributed by atoms with van der Waals surface area (Å²) in [6, 6.07) is 0. The van der Waals surface area contributed by atoms with Gasteiger partial charge in [0.05, 0.1) is 25.7 Å². The number of hydrogen-bond acceptors (Lipinski definition) is 11. The van der Waals surface area contributed by atoms with E-state index in [2.05, 4.69) is 22.5 Å². The Balaban J connectivity index is 1.60. The van der Waals surface area contributed by atoms with Gasteiger partial charge in [-0.2, -0.15) is 9.48 Å². The number of aliphatic hydroxyl groups excluding tert-OH is 5. The van der Waals surface area contributed by atoms with Crippen molar-refractivity contribution in [2.75, 3.05) is 13.2 Å². The standard InChI is InChI=1S/C24H41N5O8/c1-2-3-4-5-6-7-8-9-24(25)27-21-18(22(35)28-24)26-13-29(21,17-10-14(32)15(11-30)36-17)23-20(34)19(33)16(12-31)37-23/h13-17,19-20,23,30-34H,2-12,25H2,1H3,(H-,27,28,35)/p+1/t14-,15+,16+,17-,19+,20+,23+,24?,29?/m0/s1. The Bertz CT molecular complexity index is 889. The van der Waals surface area contributed by atoms with Crippen molar-refractivity contribution in [2.45, 2.75) is 113 Å². The van der Waals surface area contributed by atoms with Gasteiger partial charge in [0.2, 0.25) is 30.3 Å². The zero-order valence-corrected chi connectivity index (χ0v) is 21.3. The van der Waals surface area contributed by atoms with Crippen LogP contribution in [-0.4, -0.2) is 104 Å². The SMILES string of the molecule is CCCCCCCCCC1(N)NC(=O)C2=C(N1)[N+]([C@@H]1C[C@H](O)[C@@H](CO)O1)([C@@H]1O[C@H](CO)[C@@H](O)[C@H]1O)C=N2. The highest BCUT2D eigenvalue weighted by Gasteiger charge is 2.65. The Hall–Kier alpha value is -1.68. The van der Waals surface area contributed by atoms with E-state index < -0.39 is 72.4 Å². The third-order valence-electron chi connectivity index (χ3n) is 7.86. The number of carbonyl (C=O) groups excluding carboxylic acids is 1. The molecule has 2 saturated heterocycles. The number of quaternary nitrogens is 1. The summed E-state index contributed by atoms with van der Waals surface area (Å²) in [5.74, 6) is -1.62. The lowest BCUT2D eigenvalue weighted by atomic mass is 10.0. The summed E-state index contributed by atoms with van der Waals surface area (Å²) in [4.78, 5) is 17.4. The van der Waals surface area contributed by atoms with Gasteiger partial charge < -0.3 is 45.6 Å². The monoisotopic (exact) mass is 528 g/mol. The number of unbranched alkanes of at least 4 members (excludes halogenated alkanes) is 6. The molecule has 9 atom stereocenters. The minimum Gasteiger partial charge on any atom is -0.394 e. The van der Waals surface area contributed by atoms with Gasteiger partial charge in [-0.25, -0.2) is 0 Å². The van der Waals surface area contributed by atoms with E-state index in [0.29, 0.717) is 6.42 Å². The summed E-state index contributed by atoms with van der Waals surface area (Å²) < 4.78 is 11.4. The second kappa shape index (κ2) is 11.6. The van der Waals surface area contributed by atoms with E-state index in [1.807, 2.05) is 0 Å². The van der Waals surface area contributed by atoms with Crippen LogP contribution in [0, 0.1) is 0 Å². The summed E-state index contributed by atoms with van der Waals surface area (Å²) in [6.07, 6.45) is 1.27. The lowest BCUT2D eigenvalue weighted by Crippen LogP contribution is -2.74. The van der Waals surface area contributed by atoms with Crippen LogP contribution in [0.1, 0.15) is 64.7 Å². The van der Waals surface area contributed by atoms with Crippen molar-refractivity contribution < 1.29 is 44.3 Å². The summed E-state index contributed by atoms with van der Waals surface area (Å²) in [5, 5.41) is 57.3. The molecule has 0 aliphatic carbocycles. The molecule has 13 nitrogen and oxygen atoms in total. The topological polar surface area (TPSA) is 199 Å². The third kappa shape index (κ3) is 5.29. The highest BCUT2D eigenvalue weighted by molar-refractivity contribution is 5.97. The predicted molar refractivity (Wildman–Crippen MR) is 131 cm³/mol. The molecule has 2 fully saturated rings. The number of rotatable bonds is 12. The van der Waals surface area contributed by atoms with Crippen LogP contribution in [0.4, 0.5) is 0 Å². The van der Waals surface area contributed by atoms with Crippen molar-refractivity contribution in [3.63, 3.8) is 0 Å². The molecular formula is C24H42N5O8+. The molecule has 2 unspecified atom stereocenters. The molecule has 4 aliphatic rings. The van der Waals surface area contributed by atoms with E-state index in [4.69, 9.17) is 15.2 Å². The van der Waals surface area contributed by atoms with Gasteiger partial charge in [-0.15, -0.1) is 0 Å². The van der Waals surface area contributed by atoms with Crippen LogP contribution in [0.15, 0.2) is 16.5 Å². The lowest BCUT2D eigenvalue weighted by molar-refractivity contribution is -0.900. The number of ether oxygens (including phenoxy) is 2. The highest BCUT2D eigenvalue weighted by atomic mass is 16.6. The summed E-state index contributed by atoms with van der Waals surface area (Å²) in [6.45, 7) is 1.19. The van der Waals surface area contributed by atoms with Gasteiger partial charge >= 0.3 is 0 Å². The summed E-state index contributed by atoms with van der Waals surface area (Å²) in [7, 11) is 0. The fourth-order valence-electron chi connectivity index (χ4n) is 5.72. The average Bonchev–Trinajstić information content (AvgIpc) is 3.52. The zero-order chi connectivity index (χ0) is 26.8. The van der Waals surface area contributed by atoms with E-state index in [0.717, 1.165) is 25.7 Å². The minimum absolute atomic E-state index is 0.0175. The van der Waals surface area contributed by atoms with E-state index in [-0.39, 0.29) is 17.9 Å². The van der Waals surface area contributed by atoms with E-state index in [9.17, 15) is 30.3 Å². The van der Waals surface area contributed by atoms with Gasteiger partial charge in [0.25, 0.3) is 5.91 Å². The number of aliphatic imine (C=N–C) groups is 1. The van der Waals surface area contributed by atoms with Crippen LogP contribution in [0.3, 0.4) is 0 Å². The van der Waals surface area contributed by atoms with E-state index >= 15 is 0 Å². The van der Waals surface area contributed by atoms with E-state index in [1.54, 1.807) is 0 Å². The Kier molecular flexibility index (Phi) is 8.88. The fourth-order valence-corrected chi connectivity index (χ4v) is 5.72. The van der Waals surface area contributed by atoms with Gasteiger partial charge in [0.15, 0.2) is 11.9 Å². The molecule has 0 spiro atoms. The molecule has 210 valence electrons.